The minimum Gasteiger partial charge on any atom is -0.394 e. The van der Waals surface area contributed by atoms with Crippen molar-refractivity contribution in [2.24, 2.45) is 0 Å². The van der Waals surface area contributed by atoms with Crippen LogP contribution in [0.1, 0.15) is 296 Å². The molecule has 0 aliphatic carbocycles. The van der Waals surface area contributed by atoms with Gasteiger partial charge in [-0.15, -0.1) is 0 Å². The lowest BCUT2D eigenvalue weighted by molar-refractivity contribution is -0.302. The van der Waals surface area contributed by atoms with Gasteiger partial charge in [-0.25, -0.2) is 0 Å². The molecule has 9 nitrogen and oxygen atoms in total. The zero-order valence-electron chi connectivity index (χ0n) is 51.1. The van der Waals surface area contributed by atoms with Gasteiger partial charge in [-0.05, 0) is 83.5 Å². The molecule has 1 aliphatic rings. The summed E-state index contributed by atoms with van der Waals surface area (Å²) in [6.07, 6.45) is 77.1. The summed E-state index contributed by atoms with van der Waals surface area (Å²) in [5.41, 5.74) is 0. The number of amides is 1. The van der Waals surface area contributed by atoms with Crippen LogP contribution in [0.25, 0.3) is 0 Å². The van der Waals surface area contributed by atoms with Gasteiger partial charge in [0, 0.05) is 6.42 Å². The van der Waals surface area contributed by atoms with Gasteiger partial charge >= 0.3 is 0 Å². The molecular formula is C70H125NO8. The number of hydrogen-bond donors (Lipinski definition) is 6. The molecule has 1 heterocycles. The Hall–Kier alpha value is -2.63. The molecule has 0 spiro atoms. The highest BCUT2D eigenvalue weighted by atomic mass is 16.7. The number of ether oxygens (including phenoxy) is 2. The maximum atomic E-state index is 13.1. The van der Waals surface area contributed by atoms with Crippen molar-refractivity contribution in [3.63, 3.8) is 0 Å². The quantitative estimate of drug-likeness (QED) is 0.0261. The van der Waals surface area contributed by atoms with Gasteiger partial charge < -0.3 is 40.3 Å². The van der Waals surface area contributed by atoms with Gasteiger partial charge in [-0.1, -0.05) is 292 Å². The van der Waals surface area contributed by atoms with Crippen molar-refractivity contribution in [2.75, 3.05) is 13.2 Å². The second-order valence-corrected chi connectivity index (χ2v) is 22.9. The third-order valence-corrected chi connectivity index (χ3v) is 15.4. The summed E-state index contributed by atoms with van der Waals surface area (Å²) in [5.74, 6) is -0.188. The van der Waals surface area contributed by atoms with E-state index in [4.69, 9.17) is 9.47 Å². The summed E-state index contributed by atoms with van der Waals surface area (Å²) in [5, 5.41) is 54.5. The number of allylic oxidation sites excluding steroid dienone is 13. The first-order chi connectivity index (χ1) is 38.8. The summed E-state index contributed by atoms with van der Waals surface area (Å²) in [7, 11) is 0. The predicted molar refractivity (Wildman–Crippen MR) is 336 cm³/mol. The zero-order chi connectivity index (χ0) is 57.2. The summed E-state index contributed by atoms with van der Waals surface area (Å²) < 4.78 is 11.3. The van der Waals surface area contributed by atoms with E-state index in [0.29, 0.717) is 6.42 Å². The molecule has 1 amide bonds. The Balaban J connectivity index is 2.04. The first kappa shape index (κ1) is 74.4. The van der Waals surface area contributed by atoms with E-state index in [1.807, 2.05) is 6.08 Å². The second-order valence-electron chi connectivity index (χ2n) is 22.9. The van der Waals surface area contributed by atoms with Crippen molar-refractivity contribution < 1.29 is 39.8 Å². The molecule has 1 saturated heterocycles. The number of aliphatic hydroxyl groups excluding tert-OH is 5. The van der Waals surface area contributed by atoms with E-state index < -0.39 is 49.5 Å². The predicted octanol–water partition coefficient (Wildman–Crippen LogP) is 17.7. The Kier molecular flexibility index (Phi) is 55.1. The summed E-state index contributed by atoms with van der Waals surface area (Å²) in [6.45, 7) is 3.64. The fourth-order valence-electron chi connectivity index (χ4n) is 10.2. The van der Waals surface area contributed by atoms with E-state index in [0.717, 1.165) is 77.0 Å². The van der Waals surface area contributed by atoms with Gasteiger partial charge in [-0.2, -0.15) is 0 Å². The Labute approximate surface area is 486 Å². The molecule has 458 valence electrons. The highest BCUT2D eigenvalue weighted by Crippen LogP contribution is 2.23. The largest absolute Gasteiger partial charge is 0.394 e. The van der Waals surface area contributed by atoms with Crippen LogP contribution in [0.15, 0.2) is 85.1 Å². The number of carbonyl (C=O) groups excluding carboxylic acids is 1. The van der Waals surface area contributed by atoms with E-state index in [9.17, 15) is 30.3 Å². The molecule has 0 aromatic heterocycles. The Morgan fingerprint density at radius 1 is 0.443 bits per heavy atom. The van der Waals surface area contributed by atoms with Gasteiger partial charge in [0.15, 0.2) is 6.29 Å². The molecule has 1 aliphatic heterocycles. The lowest BCUT2D eigenvalue weighted by Gasteiger charge is -2.40. The van der Waals surface area contributed by atoms with Crippen molar-refractivity contribution >= 4 is 5.91 Å². The fourth-order valence-corrected chi connectivity index (χ4v) is 10.2. The maximum absolute atomic E-state index is 13.1. The molecule has 79 heavy (non-hydrogen) atoms. The number of nitrogens with one attached hydrogen (secondary N) is 1. The van der Waals surface area contributed by atoms with Gasteiger partial charge in [0.25, 0.3) is 0 Å². The average Bonchev–Trinajstić information content (AvgIpc) is 3.46. The first-order valence-electron chi connectivity index (χ1n) is 33.3. The monoisotopic (exact) mass is 1110 g/mol. The van der Waals surface area contributed by atoms with Crippen LogP contribution in [-0.4, -0.2) is 87.5 Å². The lowest BCUT2D eigenvalue weighted by Crippen LogP contribution is -2.60. The van der Waals surface area contributed by atoms with Gasteiger partial charge in [-0.3, -0.25) is 4.79 Å². The SMILES string of the molecule is CC/C=C\C/C=C\C/C=C\C/C=C\CCCCCCCCCCCCCCCCCCCCCCCCCCCCCCC(=O)NC(COC1OC(CO)C(O)C(O)C1O)C(O)/C=C/CC/C=C/CC/C=C/CCCCCCC. The topological polar surface area (TPSA) is 149 Å². The molecule has 0 aromatic carbocycles. The van der Waals surface area contributed by atoms with Crippen LogP contribution < -0.4 is 5.32 Å². The molecule has 1 rings (SSSR count). The molecule has 6 N–H and O–H groups in total. The van der Waals surface area contributed by atoms with Crippen molar-refractivity contribution in [3.8, 4) is 0 Å². The Bertz CT molecular complexity index is 1520. The van der Waals surface area contributed by atoms with Crippen molar-refractivity contribution in [1.82, 2.24) is 5.32 Å². The smallest absolute Gasteiger partial charge is 0.220 e. The number of aliphatic hydroxyl groups is 5. The van der Waals surface area contributed by atoms with E-state index in [2.05, 4.69) is 92.1 Å². The highest BCUT2D eigenvalue weighted by Gasteiger charge is 2.44. The maximum Gasteiger partial charge on any atom is 0.220 e. The standard InChI is InChI=1S/C70H125NO8/c1-3-5-7-9-11-13-15-17-19-20-21-22-23-24-25-26-27-28-29-30-31-32-33-34-35-36-37-38-39-40-41-42-43-44-46-48-50-52-54-56-58-60-66(74)71-63(62-78-70-69(77)68(76)67(75)65(61-72)79-70)64(73)59-57-55-53-51-49-47-45-18-16-14-12-10-8-6-4-2/h5,7,11,13,16-19,21-22,49,51,57,59,63-65,67-70,72-73,75-77H,3-4,6,8-10,12,14-15,20,23-48,50,52-56,58,60-62H2,1-2H3,(H,71,74)/b7-5-,13-11-,18-16+,19-17-,22-21-,51-49+,59-57+. The molecule has 9 heteroatoms. The van der Waals surface area contributed by atoms with Crippen molar-refractivity contribution in [2.45, 2.75) is 339 Å². The van der Waals surface area contributed by atoms with Crippen LogP contribution in [-0.2, 0) is 14.3 Å². The third-order valence-electron chi connectivity index (χ3n) is 15.4. The van der Waals surface area contributed by atoms with Crippen LogP contribution in [0.2, 0.25) is 0 Å². The molecule has 7 atom stereocenters. The van der Waals surface area contributed by atoms with Crippen LogP contribution in [0, 0.1) is 0 Å². The molecule has 0 radical (unpaired) electrons. The zero-order valence-corrected chi connectivity index (χ0v) is 51.1. The average molecular weight is 1110 g/mol. The van der Waals surface area contributed by atoms with E-state index in [1.54, 1.807) is 6.08 Å². The summed E-state index contributed by atoms with van der Waals surface area (Å²) in [4.78, 5) is 13.1. The van der Waals surface area contributed by atoms with Gasteiger partial charge in [0.1, 0.15) is 24.4 Å². The van der Waals surface area contributed by atoms with Gasteiger partial charge in [0.05, 0.1) is 25.4 Å². The summed E-state index contributed by atoms with van der Waals surface area (Å²) >= 11 is 0. The molecular weight excluding hydrogens is 983 g/mol. The number of unbranched alkanes of at least 4 members (excludes halogenated alkanes) is 35. The Morgan fingerprint density at radius 2 is 0.797 bits per heavy atom. The van der Waals surface area contributed by atoms with Crippen LogP contribution in [0.4, 0.5) is 0 Å². The van der Waals surface area contributed by atoms with Gasteiger partial charge in [0.2, 0.25) is 5.91 Å². The normalized spacial score (nSPS) is 19.1. The molecule has 0 saturated carbocycles. The number of carbonyl (C=O) groups is 1. The second kappa shape index (κ2) is 58.6. The van der Waals surface area contributed by atoms with Crippen LogP contribution in [0.3, 0.4) is 0 Å². The molecule has 0 aromatic rings. The highest BCUT2D eigenvalue weighted by molar-refractivity contribution is 5.76. The molecule has 1 fully saturated rings. The first-order valence-corrected chi connectivity index (χ1v) is 33.3. The Morgan fingerprint density at radius 3 is 1.22 bits per heavy atom. The molecule has 0 bridgehead atoms. The molecule has 7 unspecified atom stereocenters. The minimum absolute atomic E-state index is 0.188. The minimum atomic E-state index is -1.58. The fraction of sp³-hybridized carbons (Fsp3) is 0.786. The third kappa shape index (κ3) is 47.6. The van der Waals surface area contributed by atoms with E-state index in [1.165, 1.54) is 199 Å². The van der Waals surface area contributed by atoms with Crippen molar-refractivity contribution in [3.05, 3.63) is 85.1 Å². The number of hydrogen-bond acceptors (Lipinski definition) is 8. The van der Waals surface area contributed by atoms with Crippen LogP contribution >= 0.6 is 0 Å². The number of rotatable bonds is 57. The van der Waals surface area contributed by atoms with E-state index >= 15 is 0 Å². The van der Waals surface area contributed by atoms with E-state index in [-0.39, 0.29) is 12.5 Å². The lowest BCUT2D eigenvalue weighted by atomic mass is 9.99. The van der Waals surface area contributed by atoms with Crippen molar-refractivity contribution in [1.29, 1.82) is 0 Å². The summed E-state index contributed by atoms with van der Waals surface area (Å²) in [6, 6.07) is -0.829. The van der Waals surface area contributed by atoms with Crippen LogP contribution in [0.5, 0.6) is 0 Å².